The number of hydrogen-bond donors (Lipinski definition) is 1. The van der Waals surface area contributed by atoms with Gasteiger partial charge in [0.05, 0.1) is 25.2 Å². The molecule has 5 nitrogen and oxygen atoms in total. The predicted octanol–water partition coefficient (Wildman–Crippen LogP) is 4.18. The molecular formula is C25H43NO4. The van der Waals surface area contributed by atoms with E-state index in [4.69, 9.17) is 19.9 Å². The highest BCUT2D eigenvalue weighted by atomic mass is 16.5. The van der Waals surface area contributed by atoms with Gasteiger partial charge in [-0.3, -0.25) is 4.79 Å². The zero-order valence-electron chi connectivity index (χ0n) is 19.7. The molecule has 0 aliphatic heterocycles. The van der Waals surface area contributed by atoms with Crippen molar-refractivity contribution in [2.24, 2.45) is 46.2 Å². The van der Waals surface area contributed by atoms with Crippen molar-refractivity contribution in [2.75, 3.05) is 20.3 Å². The van der Waals surface area contributed by atoms with Crippen LogP contribution in [0.1, 0.15) is 72.6 Å². The van der Waals surface area contributed by atoms with Crippen LogP contribution in [0.3, 0.4) is 0 Å². The van der Waals surface area contributed by atoms with E-state index in [0.29, 0.717) is 23.7 Å². The fraction of sp³-hybridized carbons (Fsp3) is 0.960. The molecule has 4 saturated carbocycles. The average Bonchev–Trinajstić information content (AvgIpc) is 3.04. The molecular weight excluding hydrogens is 378 g/mol. The number of hydrogen-bond acceptors (Lipinski definition) is 5. The minimum Gasteiger partial charge on any atom is -0.469 e. The van der Waals surface area contributed by atoms with Gasteiger partial charge in [0.25, 0.3) is 0 Å². The number of methoxy groups -OCH3 is 1. The van der Waals surface area contributed by atoms with Gasteiger partial charge in [0.1, 0.15) is 0 Å². The Bertz CT molecular complexity index is 641. The predicted molar refractivity (Wildman–Crippen MR) is 117 cm³/mol. The first-order valence-corrected chi connectivity index (χ1v) is 12.4. The van der Waals surface area contributed by atoms with E-state index in [-0.39, 0.29) is 41.0 Å². The van der Waals surface area contributed by atoms with Gasteiger partial charge in [-0.2, -0.15) is 0 Å². The third-order valence-electron chi connectivity index (χ3n) is 9.89. The van der Waals surface area contributed by atoms with E-state index in [9.17, 15) is 4.79 Å². The molecule has 0 spiro atoms. The van der Waals surface area contributed by atoms with Crippen molar-refractivity contribution in [2.45, 2.75) is 90.9 Å². The number of esters is 1. The molecule has 4 fully saturated rings. The van der Waals surface area contributed by atoms with Crippen LogP contribution in [0.5, 0.6) is 0 Å². The maximum atomic E-state index is 12.6. The number of ether oxygens (including phenoxy) is 3. The monoisotopic (exact) mass is 421 g/mol. The summed E-state index contributed by atoms with van der Waals surface area (Å²) in [6.45, 7) is 10.5. The van der Waals surface area contributed by atoms with Crippen molar-refractivity contribution in [3.63, 3.8) is 0 Å². The molecule has 172 valence electrons. The fourth-order valence-electron chi connectivity index (χ4n) is 8.80. The van der Waals surface area contributed by atoms with Crippen molar-refractivity contribution < 1.29 is 19.0 Å². The first-order chi connectivity index (χ1) is 14.3. The molecule has 0 heterocycles. The molecule has 0 bridgehead atoms. The topological polar surface area (TPSA) is 70.8 Å². The second-order valence-electron chi connectivity index (χ2n) is 11.0. The summed E-state index contributed by atoms with van der Waals surface area (Å²) in [5.74, 6) is 2.34. The summed E-state index contributed by atoms with van der Waals surface area (Å²) >= 11 is 0. The Morgan fingerprint density at radius 2 is 1.67 bits per heavy atom. The summed E-state index contributed by atoms with van der Waals surface area (Å²) in [5.41, 5.74) is 7.19. The summed E-state index contributed by atoms with van der Waals surface area (Å²) < 4.78 is 17.5. The summed E-state index contributed by atoms with van der Waals surface area (Å²) in [4.78, 5) is 12.6. The molecule has 2 N–H and O–H groups in total. The molecule has 0 aromatic carbocycles. The lowest BCUT2D eigenvalue weighted by Crippen LogP contribution is -2.63. The Morgan fingerprint density at radius 1 is 0.967 bits per heavy atom. The SMILES string of the molecule is CCO[C@H]1C[C@@H]2CC[C@@H]3[C@H]([C@H](N)C[C@]4(C)[C@@H](C(=O)OC)CC[C@@H]34)[C@@]2(C)C[C@@H]1OCC. The van der Waals surface area contributed by atoms with Gasteiger partial charge in [-0.05, 0) is 93.3 Å². The maximum absolute atomic E-state index is 12.6. The van der Waals surface area contributed by atoms with Crippen LogP contribution in [0.25, 0.3) is 0 Å². The van der Waals surface area contributed by atoms with E-state index in [2.05, 4.69) is 27.7 Å². The molecule has 30 heavy (non-hydrogen) atoms. The van der Waals surface area contributed by atoms with Crippen LogP contribution in [0.15, 0.2) is 0 Å². The normalized spacial score (nSPS) is 50.3. The third-order valence-corrected chi connectivity index (χ3v) is 9.89. The van der Waals surface area contributed by atoms with Crippen molar-refractivity contribution >= 4 is 5.97 Å². The van der Waals surface area contributed by atoms with E-state index in [0.717, 1.165) is 45.3 Å². The lowest BCUT2D eigenvalue weighted by molar-refractivity contribution is -0.187. The van der Waals surface area contributed by atoms with E-state index >= 15 is 0 Å². The quantitative estimate of drug-likeness (QED) is 0.675. The van der Waals surface area contributed by atoms with Gasteiger partial charge >= 0.3 is 5.97 Å². The first-order valence-electron chi connectivity index (χ1n) is 12.4. The number of carbonyl (C=O) groups excluding carboxylic acids is 1. The maximum Gasteiger partial charge on any atom is 0.309 e. The average molecular weight is 422 g/mol. The van der Waals surface area contributed by atoms with Crippen LogP contribution in [-0.4, -0.2) is 44.5 Å². The minimum atomic E-state index is -0.0285. The summed E-state index contributed by atoms with van der Waals surface area (Å²) in [7, 11) is 1.53. The number of fused-ring (bicyclic) bond motifs is 5. The van der Waals surface area contributed by atoms with Gasteiger partial charge in [0.15, 0.2) is 0 Å². The molecule has 5 heteroatoms. The van der Waals surface area contributed by atoms with E-state index in [1.807, 2.05) is 0 Å². The highest BCUT2D eigenvalue weighted by Gasteiger charge is 2.64. The lowest BCUT2D eigenvalue weighted by Gasteiger charge is -2.63. The third kappa shape index (κ3) is 3.34. The second-order valence-corrected chi connectivity index (χ2v) is 11.0. The Balaban J connectivity index is 1.62. The van der Waals surface area contributed by atoms with Crippen LogP contribution < -0.4 is 5.73 Å². The van der Waals surface area contributed by atoms with Gasteiger partial charge in [-0.15, -0.1) is 0 Å². The molecule has 0 unspecified atom stereocenters. The van der Waals surface area contributed by atoms with Gasteiger partial charge in [-0.1, -0.05) is 13.8 Å². The molecule has 0 saturated heterocycles. The number of rotatable bonds is 5. The van der Waals surface area contributed by atoms with Crippen LogP contribution >= 0.6 is 0 Å². The molecule has 4 rings (SSSR count). The highest BCUT2D eigenvalue weighted by molar-refractivity contribution is 5.73. The van der Waals surface area contributed by atoms with E-state index in [1.54, 1.807) is 0 Å². The molecule has 4 aliphatic carbocycles. The number of carbonyl (C=O) groups is 1. The second kappa shape index (κ2) is 8.37. The van der Waals surface area contributed by atoms with E-state index < -0.39 is 0 Å². The van der Waals surface area contributed by atoms with E-state index in [1.165, 1.54) is 20.0 Å². The molecule has 0 aromatic heterocycles. The van der Waals surface area contributed by atoms with Crippen LogP contribution in [0, 0.1) is 40.4 Å². The van der Waals surface area contributed by atoms with Gasteiger partial charge in [-0.25, -0.2) is 0 Å². The standard InChI is InChI=1S/C25H43NO4/c1-6-29-20-12-15-8-9-16-17-10-11-18(23(27)28-5)25(17,4)13-19(26)22(16)24(15,3)14-21(20)30-7-2/h15-22H,6-14,26H2,1-5H3/t15-,16-,17-,18+,19+,20-,21-,22+,24-,25-/m0/s1. The van der Waals surface area contributed by atoms with Gasteiger partial charge < -0.3 is 19.9 Å². The Hall–Kier alpha value is -0.650. The van der Waals surface area contributed by atoms with Crippen molar-refractivity contribution in [1.29, 1.82) is 0 Å². The molecule has 0 radical (unpaired) electrons. The first kappa shape index (κ1) is 22.5. The summed E-state index contributed by atoms with van der Waals surface area (Å²) in [6.07, 6.45) is 8.06. The van der Waals surface area contributed by atoms with Crippen molar-refractivity contribution in [3.05, 3.63) is 0 Å². The van der Waals surface area contributed by atoms with Gasteiger partial charge in [0.2, 0.25) is 0 Å². The summed E-state index contributed by atoms with van der Waals surface area (Å²) in [5, 5.41) is 0. The summed E-state index contributed by atoms with van der Waals surface area (Å²) in [6, 6.07) is 0.139. The zero-order chi connectivity index (χ0) is 21.7. The zero-order valence-corrected chi connectivity index (χ0v) is 19.7. The van der Waals surface area contributed by atoms with Crippen LogP contribution in [-0.2, 0) is 19.0 Å². The fourth-order valence-corrected chi connectivity index (χ4v) is 8.80. The van der Waals surface area contributed by atoms with Crippen LogP contribution in [0.2, 0.25) is 0 Å². The number of nitrogens with two attached hydrogens (primary N) is 1. The smallest absolute Gasteiger partial charge is 0.309 e. The minimum absolute atomic E-state index is 0.00916. The Kier molecular flexibility index (Phi) is 6.29. The Labute approximate surface area is 182 Å². The molecule has 0 amide bonds. The lowest BCUT2D eigenvalue weighted by atomic mass is 9.43. The molecule has 10 atom stereocenters. The van der Waals surface area contributed by atoms with Crippen molar-refractivity contribution in [3.8, 4) is 0 Å². The Morgan fingerprint density at radius 3 is 2.33 bits per heavy atom. The van der Waals surface area contributed by atoms with Gasteiger partial charge in [0, 0.05) is 19.3 Å². The van der Waals surface area contributed by atoms with Crippen molar-refractivity contribution in [1.82, 2.24) is 0 Å². The highest BCUT2D eigenvalue weighted by Crippen LogP contribution is 2.67. The largest absolute Gasteiger partial charge is 0.469 e. The molecule has 0 aromatic rings. The van der Waals surface area contributed by atoms with Crippen LogP contribution in [0.4, 0.5) is 0 Å². The molecule has 4 aliphatic rings.